The maximum Gasteiger partial charge on any atom is 0.335 e. The van der Waals surface area contributed by atoms with Gasteiger partial charge < -0.3 is 15.0 Å². The Balaban J connectivity index is 1.50. The van der Waals surface area contributed by atoms with Crippen LogP contribution in [0.5, 0.6) is 0 Å². The highest BCUT2D eigenvalue weighted by Crippen LogP contribution is 2.22. The van der Waals surface area contributed by atoms with E-state index in [1.165, 1.54) is 35.0 Å². The third-order valence-electron chi connectivity index (χ3n) is 4.48. The Bertz CT molecular complexity index is 1030. The van der Waals surface area contributed by atoms with Gasteiger partial charge in [0, 0.05) is 18.0 Å². The molecule has 0 saturated carbocycles. The molecule has 9 heteroatoms. The maximum absolute atomic E-state index is 12.3. The van der Waals surface area contributed by atoms with E-state index < -0.39 is 5.97 Å². The monoisotopic (exact) mass is 456 g/mol. The molecule has 1 heterocycles. The van der Waals surface area contributed by atoms with E-state index >= 15 is 0 Å². The second-order valence-electron chi connectivity index (χ2n) is 6.84. The van der Waals surface area contributed by atoms with Gasteiger partial charge in [-0.15, -0.1) is 22.0 Å². The molecule has 31 heavy (non-hydrogen) atoms. The van der Waals surface area contributed by atoms with E-state index in [0.717, 1.165) is 23.9 Å². The summed E-state index contributed by atoms with van der Waals surface area (Å²) >= 11 is 3.12. The first-order valence-electron chi connectivity index (χ1n) is 9.77. The first-order valence-corrected chi connectivity index (χ1v) is 11.9. The number of hydrogen-bond acceptors (Lipinski definition) is 6. The number of aryl methyl sites for hydroxylation is 1. The molecule has 0 radical (unpaired) electrons. The van der Waals surface area contributed by atoms with Gasteiger partial charge in [-0.2, -0.15) is 0 Å². The molecule has 3 rings (SSSR count). The summed E-state index contributed by atoms with van der Waals surface area (Å²) in [6.07, 6.45) is 0. The highest BCUT2D eigenvalue weighted by Gasteiger charge is 2.13. The molecule has 1 amide bonds. The minimum absolute atomic E-state index is 0.177. The molecule has 2 N–H and O–H groups in total. The lowest BCUT2D eigenvalue weighted by molar-refractivity contribution is -0.113. The first kappa shape index (κ1) is 22.9. The molecule has 2 aromatic carbocycles. The number of carboxylic acids is 1. The first-order chi connectivity index (χ1) is 15.0. The zero-order chi connectivity index (χ0) is 22.2. The van der Waals surface area contributed by atoms with E-state index in [0.29, 0.717) is 10.8 Å². The quantitative estimate of drug-likeness (QED) is 0.435. The van der Waals surface area contributed by atoms with Gasteiger partial charge in [-0.05, 0) is 43.7 Å². The molecular weight excluding hydrogens is 432 g/mol. The Morgan fingerprint density at radius 3 is 2.39 bits per heavy atom. The number of hydrogen-bond donors (Lipinski definition) is 2. The number of carbonyl (C=O) groups excluding carboxylic acids is 1. The van der Waals surface area contributed by atoms with Crippen LogP contribution in [0.15, 0.2) is 53.7 Å². The minimum Gasteiger partial charge on any atom is -0.478 e. The molecule has 0 aliphatic heterocycles. The average molecular weight is 457 g/mol. The molecule has 0 aliphatic carbocycles. The number of rotatable bonds is 10. The third kappa shape index (κ3) is 6.60. The topological polar surface area (TPSA) is 97.1 Å². The van der Waals surface area contributed by atoms with Crippen molar-refractivity contribution in [2.75, 3.05) is 11.1 Å². The van der Waals surface area contributed by atoms with Crippen LogP contribution in [0.1, 0.15) is 34.2 Å². The number of carbonyl (C=O) groups is 2. The summed E-state index contributed by atoms with van der Waals surface area (Å²) in [7, 11) is 0. The number of aromatic nitrogens is 3. The smallest absolute Gasteiger partial charge is 0.335 e. The van der Waals surface area contributed by atoms with Gasteiger partial charge in [0.25, 0.3) is 0 Å². The largest absolute Gasteiger partial charge is 0.478 e. The van der Waals surface area contributed by atoms with Gasteiger partial charge in [-0.3, -0.25) is 4.79 Å². The fraction of sp³-hybridized carbons (Fsp3) is 0.273. The number of anilines is 1. The minimum atomic E-state index is -1.000. The summed E-state index contributed by atoms with van der Waals surface area (Å²) in [6.45, 7) is 4.84. The number of carboxylic acid groups (broad SMARTS) is 1. The summed E-state index contributed by atoms with van der Waals surface area (Å²) in [5.74, 6) is 1.55. The lowest BCUT2D eigenvalue weighted by atomic mass is 10.2. The molecule has 0 unspecified atom stereocenters. The summed E-state index contributed by atoms with van der Waals surface area (Å²) in [6, 6.07) is 14.6. The van der Waals surface area contributed by atoms with Crippen molar-refractivity contribution in [1.82, 2.24) is 14.8 Å². The van der Waals surface area contributed by atoms with E-state index in [9.17, 15) is 9.59 Å². The Morgan fingerprint density at radius 1 is 1.03 bits per heavy atom. The van der Waals surface area contributed by atoms with Crippen molar-refractivity contribution in [3.8, 4) is 0 Å². The van der Waals surface area contributed by atoms with Crippen LogP contribution >= 0.6 is 23.5 Å². The normalized spacial score (nSPS) is 10.8. The molecule has 0 saturated heterocycles. The molecule has 1 aromatic heterocycles. The number of nitrogens with zero attached hydrogens (tertiary/aromatic N) is 3. The SMILES string of the molecule is CCn1c(CSCc2ccc(C)cc2)nnc1SCC(=O)Nc1ccc(C(=O)O)cc1. The molecule has 7 nitrogen and oxygen atoms in total. The van der Waals surface area contributed by atoms with Crippen molar-refractivity contribution in [1.29, 1.82) is 0 Å². The van der Waals surface area contributed by atoms with E-state index in [1.54, 1.807) is 23.9 Å². The van der Waals surface area contributed by atoms with Gasteiger partial charge in [0.15, 0.2) is 5.16 Å². The van der Waals surface area contributed by atoms with Crippen molar-refractivity contribution >= 4 is 41.1 Å². The highest BCUT2D eigenvalue weighted by atomic mass is 32.2. The molecule has 0 fully saturated rings. The maximum atomic E-state index is 12.3. The summed E-state index contributed by atoms with van der Waals surface area (Å²) < 4.78 is 2.03. The number of benzene rings is 2. The molecule has 0 spiro atoms. The number of nitrogens with one attached hydrogen (secondary N) is 1. The van der Waals surface area contributed by atoms with Crippen LogP contribution < -0.4 is 5.32 Å². The zero-order valence-electron chi connectivity index (χ0n) is 17.4. The van der Waals surface area contributed by atoms with Gasteiger partial charge in [-0.25, -0.2) is 4.79 Å². The summed E-state index contributed by atoms with van der Waals surface area (Å²) in [5.41, 5.74) is 3.26. The van der Waals surface area contributed by atoms with Gasteiger partial charge in [0.2, 0.25) is 5.91 Å². The van der Waals surface area contributed by atoms with Crippen molar-refractivity contribution in [3.05, 3.63) is 71.0 Å². The van der Waals surface area contributed by atoms with Crippen molar-refractivity contribution < 1.29 is 14.7 Å². The van der Waals surface area contributed by atoms with E-state index in [4.69, 9.17) is 5.11 Å². The second-order valence-corrected chi connectivity index (χ2v) is 8.77. The van der Waals surface area contributed by atoms with Gasteiger partial charge in [0.1, 0.15) is 5.82 Å². The van der Waals surface area contributed by atoms with Crippen LogP contribution in [0.2, 0.25) is 0 Å². The fourth-order valence-corrected chi connectivity index (χ4v) is 4.57. The Kier molecular flexibility index (Phi) is 8.13. The van der Waals surface area contributed by atoms with Gasteiger partial charge in [-0.1, -0.05) is 41.6 Å². The Morgan fingerprint density at radius 2 is 1.74 bits per heavy atom. The Hall–Kier alpha value is -2.78. The summed E-state index contributed by atoms with van der Waals surface area (Å²) in [4.78, 5) is 23.2. The third-order valence-corrected chi connectivity index (χ3v) is 6.44. The van der Waals surface area contributed by atoms with E-state index in [1.807, 2.05) is 11.5 Å². The molecule has 0 aliphatic rings. The predicted octanol–water partition coefficient (Wildman–Crippen LogP) is 4.47. The lowest BCUT2D eigenvalue weighted by Gasteiger charge is -2.08. The highest BCUT2D eigenvalue weighted by molar-refractivity contribution is 7.99. The van der Waals surface area contributed by atoms with Crippen LogP contribution in [0.4, 0.5) is 5.69 Å². The van der Waals surface area contributed by atoms with Crippen LogP contribution in [0.25, 0.3) is 0 Å². The van der Waals surface area contributed by atoms with Crippen LogP contribution in [0.3, 0.4) is 0 Å². The molecular formula is C22H24N4O3S2. The van der Waals surface area contributed by atoms with Gasteiger partial charge in [0.05, 0.1) is 17.1 Å². The van der Waals surface area contributed by atoms with Crippen LogP contribution in [-0.4, -0.2) is 37.5 Å². The zero-order valence-corrected chi connectivity index (χ0v) is 19.0. The van der Waals surface area contributed by atoms with E-state index in [-0.39, 0.29) is 17.2 Å². The number of thioether (sulfide) groups is 2. The molecule has 0 atom stereocenters. The van der Waals surface area contributed by atoms with Crippen molar-refractivity contribution in [2.24, 2.45) is 0 Å². The second kappa shape index (κ2) is 11.0. The van der Waals surface area contributed by atoms with Crippen molar-refractivity contribution in [3.63, 3.8) is 0 Å². The fourth-order valence-electron chi connectivity index (χ4n) is 2.82. The molecule has 162 valence electrons. The van der Waals surface area contributed by atoms with Gasteiger partial charge >= 0.3 is 5.97 Å². The molecule has 0 bridgehead atoms. The van der Waals surface area contributed by atoms with Crippen LogP contribution in [0, 0.1) is 6.92 Å². The lowest BCUT2D eigenvalue weighted by Crippen LogP contribution is -2.15. The Labute approximate surface area is 189 Å². The molecule has 3 aromatic rings. The standard InChI is InChI=1S/C22H24N4O3S2/c1-3-26-19(13-30-12-16-6-4-15(2)5-7-16)24-25-22(26)31-14-20(27)23-18-10-8-17(9-11-18)21(28)29/h4-11H,3,12-14H2,1-2H3,(H,23,27)(H,28,29). The van der Waals surface area contributed by atoms with Crippen molar-refractivity contribution in [2.45, 2.75) is 37.1 Å². The van der Waals surface area contributed by atoms with Crippen LogP contribution in [-0.2, 0) is 22.8 Å². The predicted molar refractivity (Wildman–Crippen MR) is 125 cm³/mol. The number of aromatic carboxylic acids is 1. The average Bonchev–Trinajstić information content (AvgIpc) is 3.16. The van der Waals surface area contributed by atoms with E-state index in [2.05, 4.69) is 46.7 Å². The summed E-state index contributed by atoms with van der Waals surface area (Å²) in [5, 5.41) is 21.0. The number of amides is 1.